The summed E-state index contributed by atoms with van der Waals surface area (Å²) in [6.45, 7) is 12.7. The average molecular weight is 338 g/mol. The van der Waals surface area contributed by atoms with Gasteiger partial charge in [0.1, 0.15) is 6.54 Å². The summed E-state index contributed by atoms with van der Waals surface area (Å²) in [6, 6.07) is 0.618. The molecule has 2 aliphatic rings. The normalized spacial score (nSPS) is 22.9. The Labute approximate surface area is 147 Å². The van der Waals surface area contributed by atoms with Gasteiger partial charge < -0.3 is 20.4 Å². The van der Waals surface area contributed by atoms with Crippen LogP contribution >= 0.6 is 0 Å². The minimum atomic E-state index is 0.147. The summed E-state index contributed by atoms with van der Waals surface area (Å²) in [7, 11) is 0. The number of nitrogens with zero attached hydrogens (tertiary/aromatic N) is 3. The third kappa shape index (κ3) is 5.96. The number of hydrogen-bond acceptors (Lipinski definition) is 3. The fourth-order valence-corrected chi connectivity index (χ4v) is 3.53. The minimum absolute atomic E-state index is 0.147. The number of hydrogen-bond donors (Lipinski definition) is 2. The largest absolute Gasteiger partial charge is 0.357 e. The smallest absolute Gasteiger partial charge is 0.244 e. The van der Waals surface area contributed by atoms with E-state index in [1.807, 2.05) is 4.90 Å². The zero-order valence-corrected chi connectivity index (χ0v) is 15.7. The number of likely N-dealkylation sites (tertiary alicyclic amines) is 2. The van der Waals surface area contributed by atoms with Crippen LogP contribution in [-0.4, -0.2) is 73.5 Å². The molecule has 0 bridgehead atoms. The first-order valence-corrected chi connectivity index (χ1v) is 9.64. The van der Waals surface area contributed by atoms with Crippen LogP contribution in [0.5, 0.6) is 0 Å². The molecule has 2 saturated heterocycles. The highest BCUT2D eigenvalue weighted by atomic mass is 16.2. The van der Waals surface area contributed by atoms with Gasteiger partial charge in [-0.2, -0.15) is 0 Å². The Morgan fingerprint density at radius 1 is 1.17 bits per heavy atom. The summed E-state index contributed by atoms with van der Waals surface area (Å²) in [6.07, 6.45) is 4.79. The molecular weight excluding hydrogens is 302 g/mol. The molecule has 0 aromatic heterocycles. The van der Waals surface area contributed by atoms with Crippen LogP contribution in [0.3, 0.4) is 0 Å². The number of amides is 1. The number of aliphatic imine (C=N–C) groups is 1. The van der Waals surface area contributed by atoms with Crippen molar-refractivity contribution in [1.29, 1.82) is 0 Å². The molecule has 2 rings (SSSR count). The van der Waals surface area contributed by atoms with Gasteiger partial charge in [-0.05, 0) is 58.9 Å². The lowest BCUT2D eigenvalue weighted by atomic mass is 9.97. The van der Waals surface area contributed by atoms with Gasteiger partial charge in [-0.15, -0.1) is 0 Å². The molecule has 2 aliphatic heterocycles. The molecule has 6 nitrogen and oxygen atoms in total. The highest BCUT2D eigenvalue weighted by Gasteiger charge is 2.22. The van der Waals surface area contributed by atoms with E-state index in [1.54, 1.807) is 0 Å². The third-order valence-electron chi connectivity index (χ3n) is 5.01. The molecule has 1 atom stereocenters. The van der Waals surface area contributed by atoms with Crippen LogP contribution in [-0.2, 0) is 4.79 Å². The number of piperidine rings is 1. The number of rotatable bonds is 6. The van der Waals surface area contributed by atoms with Crippen molar-refractivity contribution in [2.24, 2.45) is 10.9 Å². The Hall–Kier alpha value is -1.30. The molecule has 2 N–H and O–H groups in total. The van der Waals surface area contributed by atoms with E-state index in [-0.39, 0.29) is 12.5 Å². The summed E-state index contributed by atoms with van der Waals surface area (Å²) in [4.78, 5) is 21.1. The van der Waals surface area contributed by atoms with Crippen LogP contribution in [0, 0.1) is 5.92 Å². The summed E-state index contributed by atoms with van der Waals surface area (Å²) in [5.74, 6) is 1.57. The fraction of sp³-hybridized carbons (Fsp3) is 0.889. The molecule has 2 fully saturated rings. The number of nitrogens with one attached hydrogen (secondary N) is 2. The van der Waals surface area contributed by atoms with Gasteiger partial charge >= 0.3 is 0 Å². The van der Waals surface area contributed by atoms with Crippen molar-refractivity contribution in [1.82, 2.24) is 20.4 Å². The average Bonchev–Trinajstić information content (AvgIpc) is 3.12. The Morgan fingerprint density at radius 2 is 1.92 bits per heavy atom. The maximum absolute atomic E-state index is 12.1. The van der Waals surface area contributed by atoms with Gasteiger partial charge in [0, 0.05) is 38.8 Å². The Bertz CT molecular complexity index is 418. The molecule has 6 heteroatoms. The molecule has 0 radical (unpaired) electrons. The highest BCUT2D eigenvalue weighted by molar-refractivity contribution is 5.85. The van der Waals surface area contributed by atoms with Crippen LogP contribution in [0.1, 0.15) is 46.5 Å². The number of carbonyl (C=O) groups is 1. The summed E-state index contributed by atoms with van der Waals surface area (Å²) < 4.78 is 0. The molecular formula is C18H35N5O. The van der Waals surface area contributed by atoms with Gasteiger partial charge in [0.2, 0.25) is 5.91 Å². The van der Waals surface area contributed by atoms with E-state index >= 15 is 0 Å². The van der Waals surface area contributed by atoms with Gasteiger partial charge in [-0.1, -0.05) is 0 Å². The monoisotopic (exact) mass is 337 g/mol. The van der Waals surface area contributed by atoms with E-state index in [4.69, 9.17) is 0 Å². The second-order valence-electron chi connectivity index (χ2n) is 7.26. The molecule has 0 aliphatic carbocycles. The molecule has 0 aromatic rings. The van der Waals surface area contributed by atoms with E-state index in [1.165, 1.54) is 19.4 Å². The summed E-state index contributed by atoms with van der Waals surface area (Å²) in [5.41, 5.74) is 0. The van der Waals surface area contributed by atoms with Crippen molar-refractivity contribution < 1.29 is 4.79 Å². The van der Waals surface area contributed by atoms with Crippen LogP contribution in [0.2, 0.25) is 0 Å². The molecule has 0 aromatic carbocycles. The molecule has 0 spiro atoms. The summed E-state index contributed by atoms with van der Waals surface area (Å²) in [5, 5.41) is 6.69. The van der Waals surface area contributed by atoms with E-state index in [0.717, 1.165) is 51.5 Å². The molecule has 1 amide bonds. The van der Waals surface area contributed by atoms with Crippen molar-refractivity contribution in [3.05, 3.63) is 0 Å². The molecule has 2 heterocycles. The van der Waals surface area contributed by atoms with E-state index in [2.05, 4.69) is 41.3 Å². The van der Waals surface area contributed by atoms with E-state index in [0.29, 0.717) is 12.0 Å². The number of guanidine groups is 1. The van der Waals surface area contributed by atoms with Gasteiger partial charge in [-0.25, -0.2) is 4.99 Å². The standard InChI is InChI=1S/C18H35N5O/c1-4-19-18(21-13-17(24)22-9-5-6-10-22)20-12-16-8-7-11-23(14-16)15(2)3/h15-16H,4-14H2,1-3H3,(H2,19,20,21). The van der Waals surface area contributed by atoms with Gasteiger partial charge in [0.25, 0.3) is 0 Å². The number of carbonyl (C=O) groups excluding carboxylic acids is 1. The van der Waals surface area contributed by atoms with Crippen molar-refractivity contribution in [2.75, 3.05) is 45.8 Å². The lowest BCUT2D eigenvalue weighted by Crippen LogP contribution is -2.46. The van der Waals surface area contributed by atoms with Gasteiger partial charge in [-0.3, -0.25) is 4.79 Å². The Balaban J connectivity index is 1.79. The lowest BCUT2D eigenvalue weighted by molar-refractivity contribution is -0.128. The highest BCUT2D eigenvalue weighted by Crippen LogP contribution is 2.17. The van der Waals surface area contributed by atoms with E-state index in [9.17, 15) is 4.79 Å². The van der Waals surface area contributed by atoms with Gasteiger partial charge in [0.05, 0.1) is 0 Å². The zero-order chi connectivity index (χ0) is 17.4. The van der Waals surface area contributed by atoms with Crippen LogP contribution < -0.4 is 10.6 Å². The first-order chi connectivity index (χ1) is 11.6. The SMILES string of the molecule is CCNC(=NCC(=O)N1CCCC1)NCC1CCCN(C(C)C)C1. The van der Waals surface area contributed by atoms with Crippen molar-refractivity contribution in [2.45, 2.75) is 52.5 Å². The molecule has 24 heavy (non-hydrogen) atoms. The van der Waals surface area contributed by atoms with Crippen LogP contribution in [0.15, 0.2) is 4.99 Å². The lowest BCUT2D eigenvalue weighted by Gasteiger charge is -2.35. The summed E-state index contributed by atoms with van der Waals surface area (Å²) >= 11 is 0. The zero-order valence-electron chi connectivity index (χ0n) is 15.7. The molecule has 0 saturated carbocycles. The topological polar surface area (TPSA) is 60.0 Å². The predicted octanol–water partition coefficient (Wildman–Crippen LogP) is 1.28. The maximum atomic E-state index is 12.1. The van der Waals surface area contributed by atoms with Crippen molar-refractivity contribution in [3.8, 4) is 0 Å². The Kier molecular flexibility index (Phi) is 7.82. The first kappa shape index (κ1) is 19.0. The van der Waals surface area contributed by atoms with Crippen molar-refractivity contribution in [3.63, 3.8) is 0 Å². The quantitative estimate of drug-likeness (QED) is 0.566. The van der Waals surface area contributed by atoms with Crippen molar-refractivity contribution >= 4 is 11.9 Å². The first-order valence-electron chi connectivity index (χ1n) is 9.64. The molecule has 138 valence electrons. The van der Waals surface area contributed by atoms with Gasteiger partial charge in [0.15, 0.2) is 5.96 Å². The van der Waals surface area contributed by atoms with E-state index < -0.39 is 0 Å². The van der Waals surface area contributed by atoms with Crippen LogP contribution in [0.25, 0.3) is 0 Å². The Morgan fingerprint density at radius 3 is 2.58 bits per heavy atom. The molecule has 1 unspecified atom stereocenters. The minimum Gasteiger partial charge on any atom is -0.357 e. The second kappa shape index (κ2) is 9.87. The second-order valence-corrected chi connectivity index (χ2v) is 7.26. The fourth-order valence-electron chi connectivity index (χ4n) is 3.53. The van der Waals surface area contributed by atoms with Crippen LogP contribution in [0.4, 0.5) is 0 Å². The third-order valence-corrected chi connectivity index (χ3v) is 5.01. The predicted molar refractivity (Wildman–Crippen MR) is 99.2 cm³/mol. The maximum Gasteiger partial charge on any atom is 0.244 e.